The molecule has 1 aromatic carbocycles. The smallest absolute Gasteiger partial charge is 0.329 e. The molecule has 0 saturated heterocycles. The second-order valence-corrected chi connectivity index (χ2v) is 4.66. The summed E-state index contributed by atoms with van der Waals surface area (Å²) in [7, 11) is 1.72. The number of imidazole rings is 1. The molecule has 0 unspecified atom stereocenters. The lowest BCUT2D eigenvalue weighted by molar-refractivity contribution is 0.0924. The van der Waals surface area contributed by atoms with E-state index in [0.29, 0.717) is 5.76 Å². The van der Waals surface area contributed by atoms with E-state index in [1.54, 1.807) is 22.2 Å². The Morgan fingerprint density at radius 2 is 1.95 bits per heavy atom. The number of aryl methyl sites for hydroxylation is 1. The molecule has 0 radical (unpaired) electrons. The van der Waals surface area contributed by atoms with E-state index >= 15 is 0 Å². The van der Waals surface area contributed by atoms with Gasteiger partial charge in [-0.3, -0.25) is 19.4 Å². The normalized spacial score (nSPS) is 11.0. The standard InChI is InChI=1S/C14H14N4O3/c1-17-10-4-2-3-5-11(10)18(14(17)20)8-9-6-7-12(21-9)13(19)16-15/h2-7H,8,15H2,1H3,(H,16,19). The summed E-state index contributed by atoms with van der Waals surface area (Å²) >= 11 is 0. The number of rotatable bonds is 3. The molecule has 21 heavy (non-hydrogen) atoms. The van der Waals surface area contributed by atoms with Crippen molar-refractivity contribution in [3.63, 3.8) is 0 Å². The molecule has 7 heteroatoms. The van der Waals surface area contributed by atoms with Crippen LogP contribution in [-0.2, 0) is 13.6 Å². The average molecular weight is 286 g/mol. The Labute approximate surface area is 119 Å². The third kappa shape index (κ3) is 2.13. The Morgan fingerprint density at radius 3 is 2.67 bits per heavy atom. The van der Waals surface area contributed by atoms with Crippen molar-refractivity contribution in [2.24, 2.45) is 12.9 Å². The number of aromatic nitrogens is 2. The first kappa shape index (κ1) is 13.2. The van der Waals surface area contributed by atoms with Crippen molar-refractivity contribution in [2.75, 3.05) is 0 Å². The number of carbonyl (C=O) groups is 1. The zero-order chi connectivity index (χ0) is 15.0. The molecule has 108 valence electrons. The molecule has 0 atom stereocenters. The van der Waals surface area contributed by atoms with Gasteiger partial charge in [-0.05, 0) is 24.3 Å². The first-order valence-electron chi connectivity index (χ1n) is 6.35. The number of hydrogen-bond acceptors (Lipinski definition) is 4. The van der Waals surface area contributed by atoms with Crippen LogP contribution in [0.15, 0.2) is 45.6 Å². The van der Waals surface area contributed by atoms with Crippen LogP contribution in [0.2, 0.25) is 0 Å². The van der Waals surface area contributed by atoms with Crippen molar-refractivity contribution in [2.45, 2.75) is 6.54 Å². The number of benzene rings is 1. The minimum Gasteiger partial charge on any atom is -0.454 e. The van der Waals surface area contributed by atoms with Crippen molar-refractivity contribution in [1.82, 2.24) is 14.6 Å². The fourth-order valence-electron chi connectivity index (χ4n) is 2.33. The Bertz CT molecular complexity index is 872. The number of nitrogens with one attached hydrogen (secondary N) is 1. The average Bonchev–Trinajstić information content (AvgIpc) is 3.07. The van der Waals surface area contributed by atoms with Gasteiger partial charge in [0.1, 0.15) is 5.76 Å². The molecular weight excluding hydrogens is 272 g/mol. The van der Waals surface area contributed by atoms with Crippen molar-refractivity contribution >= 4 is 16.9 Å². The van der Waals surface area contributed by atoms with Gasteiger partial charge in [0.25, 0.3) is 0 Å². The van der Waals surface area contributed by atoms with Crippen LogP contribution in [0.25, 0.3) is 11.0 Å². The van der Waals surface area contributed by atoms with E-state index in [1.807, 2.05) is 29.7 Å². The van der Waals surface area contributed by atoms with Gasteiger partial charge in [0.2, 0.25) is 0 Å². The molecule has 0 aliphatic carbocycles. The number of nitrogen functional groups attached to an aromatic ring is 1. The molecule has 2 heterocycles. The number of nitrogens with zero attached hydrogens (tertiary/aromatic N) is 2. The summed E-state index contributed by atoms with van der Waals surface area (Å²) in [5, 5.41) is 0. The third-order valence-corrected chi connectivity index (χ3v) is 3.38. The molecule has 3 aromatic rings. The highest BCUT2D eigenvalue weighted by Gasteiger charge is 2.14. The number of amides is 1. The van der Waals surface area contributed by atoms with Gasteiger partial charge in [0.05, 0.1) is 17.6 Å². The largest absolute Gasteiger partial charge is 0.454 e. The number of nitrogens with two attached hydrogens (primary N) is 1. The topological polar surface area (TPSA) is 95.2 Å². The first-order valence-corrected chi connectivity index (χ1v) is 6.35. The Balaban J connectivity index is 2.02. The predicted molar refractivity (Wildman–Crippen MR) is 76.6 cm³/mol. The van der Waals surface area contributed by atoms with Crippen LogP contribution in [0.4, 0.5) is 0 Å². The fourth-order valence-corrected chi connectivity index (χ4v) is 2.33. The van der Waals surface area contributed by atoms with Gasteiger partial charge in [-0.15, -0.1) is 0 Å². The van der Waals surface area contributed by atoms with E-state index in [-0.39, 0.29) is 18.0 Å². The number of hydrazine groups is 1. The Kier molecular flexibility index (Phi) is 3.11. The lowest BCUT2D eigenvalue weighted by Crippen LogP contribution is -2.29. The first-order chi connectivity index (χ1) is 10.1. The van der Waals surface area contributed by atoms with E-state index in [2.05, 4.69) is 0 Å². The lowest BCUT2D eigenvalue weighted by Gasteiger charge is -2.00. The van der Waals surface area contributed by atoms with Gasteiger partial charge in [0, 0.05) is 7.05 Å². The lowest BCUT2D eigenvalue weighted by atomic mass is 10.3. The molecule has 0 fully saturated rings. The van der Waals surface area contributed by atoms with Crippen LogP contribution in [0.1, 0.15) is 16.3 Å². The number of furan rings is 1. The summed E-state index contributed by atoms with van der Waals surface area (Å²) < 4.78 is 8.56. The van der Waals surface area contributed by atoms with Gasteiger partial charge in [-0.25, -0.2) is 10.6 Å². The SMILES string of the molecule is Cn1c(=O)n(Cc2ccc(C(=O)NN)o2)c2ccccc21. The van der Waals surface area contributed by atoms with Gasteiger partial charge >= 0.3 is 11.6 Å². The summed E-state index contributed by atoms with van der Waals surface area (Å²) in [5.41, 5.74) is 3.51. The minimum absolute atomic E-state index is 0.112. The Hall–Kier alpha value is -2.80. The molecule has 0 bridgehead atoms. The molecule has 0 saturated carbocycles. The predicted octanol–water partition coefficient (Wildman–Crippen LogP) is 0.585. The van der Waals surface area contributed by atoms with Crippen LogP contribution in [0, 0.1) is 0 Å². The molecule has 1 amide bonds. The van der Waals surface area contributed by atoms with E-state index in [9.17, 15) is 9.59 Å². The van der Waals surface area contributed by atoms with Gasteiger partial charge in [-0.2, -0.15) is 0 Å². The van der Waals surface area contributed by atoms with Gasteiger partial charge < -0.3 is 4.42 Å². The second kappa shape index (κ2) is 4.95. The maximum Gasteiger partial charge on any atom is 0.329 e. The number of carbonyl (C=O) groups excluding carboxylic acids is 1. The highest BCUT2D eigenvalue weighted by atomic mass is 16.4. The molecule has 3 N–H and O–H groups in total. The molecule has 7 nitrogen and oxygen atoms in total. The number of hydrogen-bond donors (Lipinski definition) is 2. The highest BCUT2D eigenvalue weighted by Crippen LogP contribution is 2.15. The summed E-state index contributed by atoms with van der Waals surface area (Å²) in [5.74, 6) is 5.16. The molecule has 0 aliphatic rings. The quantitative estimate of drug-likeness (QED) is 0.418. The van der Waals surface area contributed by atoms with E-state index in [1.165, 1.54) is 6.07 Å². The van der Waals surface area contributed by atoms with E-state index in [0.717, 1.165) is 11.0 Å². The molecule has 0 spiro atoms. The van der Waals surface area contributed by atoms with Crippen LogP contribution < -0.4 is 17.0 Å². The maximum absolute atomic E-state index is 12.3. The summed E-state index contributed by atoms with van der Waals surface area (Å²) in [6.07, 6.45) is 0. The molecular formula is C14H14N4O3. The van der Waals surface area contributed by atoms with Crippen LogP contribution in [0.5, 0.6) is 0 Å². The monoisotopic (exact) mass is 286 g/mol. The van der Waals surface area contributed by atoms with Crippen molar-refractivity contribution in [1.29, 1.82) is 0 Å². The summed E-state index contributed by atoms with van der Waals surface area (Å²) in [6.45, 7) is 0.248. The summed E-state index contributed by atoms with van der Waals surface area (Å²) in [6, 6.07) is 10.7. The van der Waals surface area contributed by atoms with Crippen molar-refractivity contribution in [3.8, 4) is 0 Å². The van der Waals surface area contributed by atoms with Crippen LogP contribution >= 0.6 is 0 Å². The number of fused-ring (bicyclic) bond motifs is 1. The molecule has 2 aromatic heterocycles. The van der Waals surface area contributed by atoms with Crippen molar-refractivity contribution < 1.29 is 9.21 Å². The third-order valence-electron chi connectivity index (χ3n) is 3.38. The molecule has 0 aliphatic heterocycles. The van der Waals surface area contributed by atoms with Gasteiger partial charge in [-0.1, -0.05) is 12.1 Å². The van der Waals surface area contributed by atoms with E-state index < -0.39 is 5.91 Å². The molecule has 3 rings (SSSR count). The zero-order valence-electron chi connectivity index (χ0n) is 11.4. The zero-order valence-corrected chi connectivity index (χ0v) is 11.4. The van der Waals surface area contributed by atoms with Gasteiger partial charge in [0.15, 0.2) is 5.76 Å². The minimum atomic E-state index is -0.508. The van der Waals surface area contributed by atoms with E-state index in [4.69, 9.17) is 10.3 Å². The van der Waals surface area contributed by atoms with Crippen LogP contribution in [0.3, 0.4) is 0 Å². The second-order valence-electron chi connectivity index (χ2n) is 4.66. The summed E-state index contributed by atoms with van der Waals surface area (Å²) in [4.78, 5) is 23.6. The Morgan fingerprint density at radius 1 is 1.24 bits per heavy atom. The maximum atomic E-state index is 12.3. The van der Waals surface area contributed by atoms with Crippen LogP contribution in [-0.4, -0.2) is 15.0 Å². The fraction of sp³-hybridized carbons (Fsp3) is 0.143. The van der Waals surface area contributed by atoms with Crippen molar-refractivity contribution in [3.05, 3.63) is 58.4 Å². The highest BCUT2D eigenvalue weighted by molar-refractivity contribution is 5.90. The number of para-hydroxylation sites is 2.